The van der Waals surface area contributed by atoms with Crippen LogP contribution in [-0.2, 0) is 0 Å². The number of benzene rings is 1. The number of amides is 1. The molecule has 0 saturated carbocycles. The molecule has 1 aliphatic rings. The second-order valence-electron chi connectivity index (χ2n) is 5.21. The standard InChI is InChI=1S/C15H17FN2OS/c1-9-12-7-10(16)4-5-13(12)20-14(9)15(19)18-11-3-2-6-17-8-11/h4-5,7,11,17H,2-3,6,8H2,1H3,(H,18,19). The third-order valence-corrected chi connectivity index (χ3v) is 5.01. The van der Waals surface area contributed by atoms with Crippen molar-refractivity contribution in [1.29, 1.82) is 0 Å². The highest BCUT2D eigenvalue weighted by Crippen LogP contribution is 2.31. The number of carbonyl (C=O) groups excluding carboxylic acids is 1. The van der Waals surface area contributed by atoms with Crippen molar-refractivity contribution in [3.8, 4) is 0 Å². The molecule has 1 aromatic carbocycles. The molecule has 1 amide bonds. The molecule has 1 aliphatic heterocycles. The Hall–Kier alpha value is -1.46. The molecule has 0 spiro atoms. The average Bonchev–Trinajstić information content (AvgIpc) is 2.77. The number of aryl methyl sites for hydroxylation is 1. The average molecular weight is 292 g/mol. The molecule has 0 radical (unpaired) electrons. The number of thiophene rings is 1. The largest absolute Gasteiger partial charge is 0.347 e. The van der Waals surface area contributed by atoms with Crippen LogP contribution in [0.15, 0.2) is 18.2 Å². The lowest BCUT2D eigenvalue weighted by Crippen LogP contribution is -2.45. The van der Waals surface area contributed by atoms with Gasteiger partial charge in [-0.1, -0.05) is 0 Å². The summed E-state index contributed by atoms with van der Waals surface area (Å²) in [6, 6.07) is 4.87. The molecule has 0 bridgehead atoms. The molecule has 1 saturated heterocycles. The molecule has 1 atom stereocenters. The van der Waals surface area contributed by atoms with Crippen molar-refractivity contribution >= 4 is 27.3 Å². The van der Waals surface area contributed by atoms with Gasteiger partial charge in [0.25, 0.3) is 5.91 Å². The van der Waals surface area contributed by atoms with Crippen molar-refractivity contribution in [2.75, 3.05) is 13.1 Å². The van der Waals surface area contributed by atoms with Gasteiger partial charge in [-0.15, -0.1) is 11.3 Å². The van der Waals surface area contributed by atoms with Crippen molar-refractivity contribution in [1.82, 2.24) is 10.6 Å². The SMILES string of the molecule is Cc1c(C(=O)NC2CCCNC2)sc2ccc(F)cc12. The summed E-state index contributed by atoms with van der Waals surface area (Å²) in [6.45, 7) is 3.73. The zero-order valence-corrected chi connectivity index (χ0v) is 12.1. The van der Waals surface area contributed by atoms with Gasteiger partial charge in [0.2, 0.25) is 0 Å². The Kier molecular flexibility index (Phi) is 3.72. The third-order valence-electron chi connectivity index (χ3n) is 3.74. The zero-order valence-electron chi connectivity index (χ0n) is 11.3. The number of piperidine rings is 1. The monoisotopic (exact) mass is 292 g/mol. The van der Waals surface area contributed by atoms with E-state index in [9.17, 15) is 9.18 Å². The predicted octanol–water partition coefficient (Wildman–Crippen LogP) is 2.83. The Morgan fingerprint density at radius 2 is 2.35 bits per heavy atom. The van der Waals surface area contributed by atoms with Crippen LogP contribution in [-0.4, -0.2) is 25.0 Å². The lowest BCUT2D eigenvalue weighted by atomic mass is 10.1. The van der Waals surface area contributed by atoms with E-state index in [1.54, 1.807) is 6.07 Å². The van der Waals surface area contributed by atoms with Gasteiger partial charge in [0.15, 0.2) is 0 Å². The molecule has 106 valence electrons. The quantitative estimate of drug-likeness (QED) is 0.893. The van der Waals surface area contributed by atoms with E-state index in [-0.39, 0.29) is 17.8 Å². The van der Waals surface area contributed by atoms with E-state index < -0.39 is 0 Å². The van der Waals surface area contributed by atoms with E-state index in [4.69, 9.17) is 0 Å². The molecule has 20 heavy (non-hydrogen) atoms. The fraction of sp³-hybridized carbons (Fsp3) is 0.400. The van der Waals surface area contributed by atoms with Crippen molar-refractivity contribution < 1.29 is 9.18 Å². The maximum Gasteiger partial charge on any atom is 0.261 e. The summed E-state index contributed by atoms with van der Waals surface area (Å²) in [6.07, 6.45) is 2.10. The molecular formula is C15H17FN2OS. The van der Waals surface area contributed by atoms with Crippen LogP contribution in [0, 0.1) is 12.7 Å². The highest BCUT2D eigenvalue weighted by atomic mass is 32.1. The Morgan fingerprint density at radius 1 is 1.50 bits per heavy atom. The highest BCUT2D eigenvalue weighted by molar-refractivity contribution is 7.21. The number of hydrogen-bond donors (Lipinski definition) is 2. The molecule has 5 heteroatoms. The molecule has 1 aromatic heterocycles. The number of nitrogens with one attached hydrogen (secondary N) is 2. The fourth-order valence-corrected chi connectivity index (χ4v) is 3.73. The van der Waals surface area contributed by atoms with Crippen molar-refractivity contribution in [2.45, 2.75) is 25.8 Å². The van der Waals surface area contributed by atoms with Gasteiger partial charge in [0.1, 0.15) is 5.82 Å². The van der Waals surface area contributed by atoms with Crippen LogP contribution in [0.25, 0.3) is 10.1 Å². The normalized spacial score (nSPS) is 19.2. The van der Waals surface area contributed by atoms with E-state index in [1.807, 2.05) is 6.92 Å². The molecule has 0 aliphatic carbocycles. The van der Waals surface area contributed by atoms with Crippen molar-refractivity contribution in [3.63, 3.8) is 0 Å². The summed E-state index contributed by atoms with van der Waals surface area (Å²) in [5.41, 5.74) is 0.866. The van der Waals surface area contributed by atoms with Crippen LogP contribution in [0.1, 0.15) is 28.1 Å². The summed E-state index contributed by atoms with van der Waals surface area (Å²) < 4.78 is 14.2. The van der Waals surface area contributed by atoms with Gasteiger partial charge in [-0.25, -0.2) is 4.39 Å². The molecule has 3 rings (SSSR count). The summed E-state index contributed by atoms with van der Waals surface area (Å²) >= 11 is 1.43. The van der Waals surface area contributed by atoms with Gasteiger partial charge in [0.05, 0.1) is 4.88 Å². The minimum absolute atomic E-state index is 0.0437. The first-order valence-electron chi connectivity index (χ1n) is 6.85. The Morgan fingerprint density at radius 3 is 3.10 bits per heavy atom. The maximum absolute atomic E-state index is 13.3. The number of hydrogen-bond acceptors (Lipinski definition) is 3. The highest BCUT2D eigenvalue weighted by Gasteiger charge is 2.20. The van der Waals surface area contributed by atoms with Crippen LogP contribution >= 0.6 is 11.3 Å². The molecule has 2 N–H and O–H groups in total. The number of rotatable bonds is 2. The number of carbonyl (C=O) groups is 1. The van der Waals surface area contributed by atoms with Gasteiger partial charge < -0.3 is 10.6 Å². The van der Waals surface area contributed by atoms with Gasteiger partial charge in [0, 0.05) is 17.3 Å². The first kappa shape index (κ1) is 13.5. The first-order chi connectivity index (χ1) is 9.65. The zero-order chi connectivity index (χ0) is 14.1. The number of fused-ring (bicyclic) bond motifs is 1. The molecule has 3 nitrogen and oxygen atoms in total. The summed E-state index contributed by atoms with van der Waals surface area (Å²) in [4.78, 5) is 13.1. The number of halogens is 1. The summed E-state index contributed by atoms with van der Waals surface area (Å²) in [7, 11) is 0. The Labute approximate surface area is 121 Å². The molecular weight excluding hydrogens is 275 g/mol. The van der Waals surface area contributed by atoms with E-state index in [0.717, 1.165) is 41.6 Å². The third kappa shape index (κ3) is 2.55. The first-order valence-corrected chi connectivity index (χ1v) is 7.67. The lowest BCUT2D eigenvalue weighted by molar-refractivity contribution is 0.0934. The molecule has 1 unspecified atom stereocenters. The summed E-state index contributed by atoms with van der Waals surface area (Å²) in [5.74, 6) is -0.306. The van der Waals surface area contributed by atoms with Crippen LogP contribution in [0.4, 0.5) is 4.39 Å². The minimum atomic E-state index is -0.262. The van der Waals surface area contributed by atoms with E-state index >= 15 is 0 Å². The Balaban J connectivity index is 1.85. The predicted molar refractivity (Wildman–Crippen MR) is 79.9 cm³/mol. The van der Waals surface area contributed by atoms with Crippen molar-refractivity contribution in [3.05, 3.63) is 34.5 Å². The van der Waals surface area contributed by atoms with Gasteiger partial charge in [-0.2, -0.15) is 0 Å². The second kappa shape index (κ2) is 5.50. The second-order valence-corrected chi connectivity index (χ2v) is 6.27. The van der Waals surface area contributed by atoms with E-state index in [1.165, 1.54) is 23.5 Å². The maximum atomic E-state index is 13.3. The van der Waals surface area contributed by atoms with Crippen LogP contribution in [0.2, 0.25) is 0 Å². The van der Waals surface area contributed by atoms with Gasteiger partial charge in [-0.3, -0.25) is 4.79 Å². The van der Waals surface area contributed by atoms with Gasteiger partial charge >= 0.3 is 0 Å². The van der Waals surface area contributed by atoms with Crippen LogP contribution in [0.5, 0.6) is 0 Å². The van der Waals surface area contributed by atoms with E-state index in [0.29, 0.717) is 4.88 Å². The van der Waals surface area contributed by atoms with Crippen molar-refractivity contribution in [2.24, 2.45) is 0 Å². The molecule has 2 heterocycles. The van der Waals surface area contributed by atoms with Crippen LogP contribution in [0.3, 0.4) is 0 Å². The van der Waals surface area contributed by atoms with Gasteiger partial charge in [-0.05, 0) is 55.5 Å². The molecule has 1 fully saturated rings. The smallest absolute Gasteiger partial charge is 0.261 e. The minimum Gasteiger partial charge on any atom is -0.347 e. The topological polar surface area (TPSA) is 41.1 Å². The lowest BCUT2D eigenvalue weighted by Gasteiger charge is -2.23. The van der Waals surface area contributed by atoms with E-state index in [2.05, 4.69) is 10.6 Å². The fourth-order valence-electron chi connectivity index (χ4n) is 2.64. The Bertz CT molecular complexity index is 647. The summed E-state index contributed by atoms with van der Waals surface area (Å²) in [5, 5.41) is 7.18. The molecule has 2 aromatic rings. The van der Waals surface area contributed by atoms with Crippen LogP contribution < -0.4 is 10.6 Å².